The summed E-state index contributed by atoms with van der Waals surface area (Å²) in [5.41, 5.74) is 1.06. The van der Waals surface area contributed by atoms with Crippen molar-refractivity contribution in [3.05, 3.63) is 51.5 Å². The van der Waals surface area contributed by atoms with Gasteiger partial charge in [-0.15, -0.1) is 6.58 Å². The fraction of sp³-hybridized carbons (Fsp3) is 0.421. The molecule has 1 aliphatic heterocycles. The van der Waals surface area contributed by atoms with E-state index < -0.39 is 0 Å². The molecule has 1 N–H and O–H groups in total. The Bertz CT molecular complexity index is 963. The average molecular weight is 355 g/mol. The molecule has 1 saturated carbocycles. The third kappa shape index (κ3) is 2.74. The van der Waals surface area contributed by atoms with Gasteiger partial charge >= 0.3 is 0 Å². The summed E-state index contributed by atoms with van der Waals surface area (Å²) in [6.45, 7) is 5.74. The molecule has 2 unspecified atom stereocenters. The highest BCUT2D eigenvalue weighted by Crippen LogP contribution is 2.38. The maximum atomic E-state index is 12.9. The third-order valence-corrected chi connectivity index (χ3v) is 5.88. The van der Waals surface area contributed by atoms with Gasteiger partial charge < -0.3 is 9.88 Å². The first kappa shape index (κ1) is 16.3. The maximum absolute atomic E-state index is 12.9. The molecule has 0 spiro atoms. The molecular formula is C19H21N3O2S. The van der Waals surface area contributed by atoms with Crippen molar-refractivity contribution in [2.45, 2.75) is 25.8 Å². The monoisotopic (exact) mass is 355 g/mol. The molecule has 1 saturated heterocycles. The van der Waals surface area contributed by atoms with Gasteiger partial charge in [0.1, 0.15) is 0 Å². The number of likely N-dealkylation sites (tertiary alicyclic amines) is 1. The summed E-state index contributed by atoms with van der Waals surface area (Å²) < 4.78 is 1.81. The molecule has 1 aliphatic carbocycles. The molecule has 2 atom stereocenters. The normalized spacial score (nSPS) is 22.3. The number of benzene rings is 1. The first-order chi connectivity index (χ1) is 12.1. The predicted molar refractivity (Wildman–Crippen MR) is 100 cm³/mol. The molecule has 130 valence electrons. The minimum Gasteiger partial charge on any atom is -0.338 e. The zero-order valence-corrected chi connectivity index (χ0v) is 14.8. The molecule has 2 aliphatic rings. The fourth-order valence-electron chi connectivity index (χ4n) is 4.27. The van der Waals surface area contributed by atoms with Crippen molar-refractivity contribution in [2.24, 2.45) is 11.8 Å². The molecular weight excluding hydrogens is 334 g/mol. The van der Waals surface area contributed by atoms with E-state index in [4.69, 9.17) is 12.2 Å². The second-order valence-electron chi connectivity index (χ2n) is 7.06. The summed E-state index contributed by atoms with van der Waals surface area (Å²) in [4.78, 5) is 30.4. The zero-order chi connectivity index (χ0) is 17.6. The quantitative estimate of drug-likeness (QED) is 0.680. The molecule has 0 bridgehead atoms. The van der Waals surface area contributed by atoms with Crippen LogP contribution in [0.5, 0.6) is 0 Å². The summed E-state index contributed by atoms with van der Waals surface area (Å²) >= 11 is 5.27. The minimum absolute atomic E-state index is 0.0471. The van der Waals surface area contributed by atoms with E-state index in [1.807, 2.05) is 4.90 Å². The Morgan fingerprint density at radius 3 is 2.72 bits per heavy atom. The van der Waals surface area contributed by atoms with Gasteiger partial charge in [0.05, 0.1) is 10.9 Å². The number of rotatable bonds is 3. The lowest BCUT2D eigenvalue weighted by Crippen LogP contribution is -2.29. The number of H-pyrrole nitrogens is 1. The van der Waals surface area contributed by atoms with Crippen molar-refractivity contribution in [2.75, 3.05) is 13.1 Å². The van der Waals surface area contributed by atoms with Crippen LogP contribution in [0.25, 0.3) is 10.9 Å². The molecule has 2 aromatic rings. The smallest absolute Gasteiger partial charge is 0.262 e. The maximum Gasteiger partial charge on any atom is 0.262 e. The Morgan fingerprint density at radius 2 is 2.04 bits per heavy atom. The van der Waals surface area contributed by atoms with Crippen LogP contribution < -0.4 is 5.56 Å². The molecule has 6 heteroatoms. The van der Waals surface area contributed by atoms with Crippen molar-refractivity contribution in [3.8, 4) is 0 Å². The van der Waals surface area contributed by atoms with Gasteiger partial charge in [-0.3, -0.25) is 14.2 Å². The first-order valence-corrected chi connectivity index (χ1v) is 9.16. The van der Waals surface area contributed by atoms with Gasteiger partial charge in [-0.2, -0.15) is 0 Å². The highest BCUT2D eigenvalue weighted by atomic mass is 32.1. The molecule has 1 aromatic carbocycles. The fourth-order valence-corrected chi connectivity index (χ4v) is 4.53. The van der Waals surface area contributed by atoms with E-state index in [0.29, 0.717) is 39.6 Å². The lowest BCUT2D eigenvalue weighted by Gasteiger charge is -2.17. The van der Waals surface area contributed by atoms with Crippen LogP contribution in [-0.2, 0) is 6.54 Å². The van der Waals surface area contributed by atoms with Gasteiger partial charge in [0.25, 0.3) is 11.5 Å². The second-order valence-corrected chi connectivity index (χ2v) is 7.44. The Kier molecular flexibility index (Phi) is 4.07. The van der Waals surface area contributed by atoms with E-state index in [0.717, 1.165) is 13.1 Å². The lowest BCUT2D eigenvalue weighted by atomic mass is 10.0. The van der Waals surface area contributed by atoms with E-state index in [9.17, 15) is 9.59 Å². The molecule has 1 aromatic heterocycles. The number of aromatic nitrogens is 2. The summed E-state index contributed by atoms with van der Waals surface area (Å²) in [6.07, 6.45) is 5.41. The van der Waals surface area contributed by atoms with E-state index >= 15 is 0 Å². The van der Waals surface area contributed by atoms with Crippen LogP contribution in [0.2, 0.25) is 0 Å². The van der Waals surface area contributed by atoms with Crippen molar-refractivity contribution in [3.63, 3.8) is 0 Å². The van der Waals surface area contributed by atoms with Crippen molar-refractivity contribution in [1.29, 1.82) is 0 Å². The van der Waals surface area contributed by atoms with Crippen molar-refractivity contribution >= 4 is 29.0 Å². The van der Waals surface area contributed by atoms with Gasteiger partial charge in [-0.1, -0.05) is 12.5 Å². The molecule has 2 fully saturated rings. The highest BCUT2D eigenvalue weighted by Gasteiger charge is 2.38. The number of nitrogens with one attached hydrogen (secondary N) is 1. The number of carbonyl (C=O) groups is 1. The zero-order valence-electron chi connectivity index (χ0n) is 14.0. The van der Waals surface area contributed by atoms with Crippen molar-refractivity contribution < 1.29 is 4.79 Å². The van der Waals surface area contributed by atoms with E-state index in [1.165, 1.54) is 23.8 Å². The van der Waals surface area contributed by atoms with Crippen LogP contribution in [0.15, 0.2) is 35.6 Å². The predicted octanol–water partition coefficient (Wildman–Crippen LogP) is 3.12. The van der Waals surface area contributed by atoms with Crippen LogP contribution in [0.4, 0.5) is 0 Å². The summed E-state index contributed by atoms with van der Waals surface area (Å²) in [6, 6.07) is 5.21. The molecule has 25 heavy (non-hydrogen) atoms. The molecule has 1 amide bonds. The van der Waals surface area contributed by atoms with Crippen molar-refractivity contribution in [1.82, 2.24) is 14.5 Å². The Labute approximate surface area is 151 Å². The summed E-state index contributed by atoms with van der Waals surface area (Å²) in [5, 5.41) is 0.533. The molecule has 2 heterocycles. The van der Waals surface area contributed by atoms with Crippen LogP contribution in [-0.4, -0.2) is 33.4 Å². The number of aromatic amines is 1. The Morgan fingerprint density at radius 1 is 1.32 bits per heavy atom. The third-order valence-electron chi connectivity index (χ3n) is 5.55. The van der Waals surface area contributed by atoms with E-state index in [2.05, 4.69) is 11.6 Å². The minimum atomic E-state index is -0.159. The lowest BCUT2D eigenvalue weighted by molar-refractivity contribution is 0.0781. The van der Waals surface area contributed by atoms with Gasteiger partial charge in [-0.05, 0) is 55.1 Å². The number of allylic oxidation sites excluding steroid dienone is 1. The highest BCUT2D eigenvalue weighted by molar-refractivity contribution is 7.71. The molecule has 0 radical (unpaired) electrons. The van der Waals surface area contributed by atoms with Gasteiger partial charge in [-0.25, -0.2) is 0 Å². The van der Waals surface area contributed by atoms with Crippen LogP contribution in [0.1, 0.15) is 29.6 Å². The van der Waals surface area contributed by atoms with Gasteiger partial charge in [0, 0.05) is 25.2 Å². The van der Waals surface area contributed by atoms with Crippen LogP contribution in [0, 0.1) is 16.6 Å². The van der Waals surface area contributed by atoms with Gasteiger partial charge in [0.15, 0.2) is 4.77 Å². The number of hydrogen-bond donors (Lipinski definition) is 1. The topological polar surface area (TPSA) is 58.1 Å². The summed E-state index contributed by atoms with van der Waals surface area (Å²) in [5.74, 6) is 1.38. The van der Waals surface area contributed by atoms with Crippen LogP contribution in [0.3, 0.4) is 0 Å². The SMILES string of the molecule is C=CCn1c(=S)[nH]c2cc(C(=O)N3CC4CCCC4C3)ccc2c1=O. The van der Waals surface area contributed by atoms with Crippen LogP contribution >= 0.6 is 12.2 Å². The largest absolute Gasteiger partial charge is 0.338 e. The molecule has 5 nitrogen and oxygen atoms in total. The Balaban J connectivity index is 1.68. The second kappa shape index (κ2) is 6.26. The van der Waals surface area contributed by atoms with E-state index in [1.54, 1.807) is 24.3 Å². The number of amides is 1. The summed E-state index contributed by atoms with van der Waals surface area (Å²) in [7, 11) is 0. The molecule has 4 rings (SSSR count). The standard InChI is InChI=1S/C19H21N3O2S/c1-2-8-22-18(24)15-7-6-12(9-16(15)20-19(22)25)17(23)21-10-13-4-3-5-14(13)11-21/h2,6-7,9,13-14H,1,3-5,8,10-11H2,(H,20,25). The number of nitrogens with zero attached hydrogens (tertiary/aromatic N) is 2. The van der Waals surface area contributed by atoms with E-state index in [-0.39, 0.29) is 11.5 Å². The van der Waals surface area contributed by atoms with Gasteiger partial charge in [0.2, 0.25) is 0 Å². The average Bonchev–Trinajstić information content (AvgIpc) is 3.19. The first-order valence-electron chi connectivity index (χ1n) is 8.75. The Hall–Kier alpha value is -2.21. The number of hydrogen-bond acceptors (Lipinski definition) is 3. The number of fused-ring (bicyclic) bond motifs is 2. The number of carbonyl (C=O) groups excluding carboxylic acids is 1.